The molecule has 0 aliphatic carbocycles. The minimum absolute atomic E-state index is 0.0830. The Morgan fingerprint density at radius 2 is 1.93 bits per heavy atom. The van der Waals surface area contributed by atoms with Crippen LogP contribution in [0.5, 0.6) is 11.5 Å². The summed E-state index contributed by atoms with van der Waals surface area (Å²) in [5, 5.41) is 20.6. The molecule has 7 nitrogen and oxygen atoms in total. The molecule has 3 N–H and O–H groups in total. The van der Waals surface area contributed by atoms with Gasteiger partial charge in [0.2, 0.25) is 0 Å². The number of carbonyl (C=O) groups excluding carboxylic acids is 1. The predicted octanol–water partition coefficient (Wildman–Crippen LogP) is 3.89. The van der Waals surface area contributed by atoms with Crippen LogP contribution in [0.1, 0.15) is 35.5 Å². The lowest BCUT2D eigenvalue weighted by Gasteiger charge is -2.07. The molecule has 1 aromatic heterocycles. The Kier molecular flexibility index (Phi) is 7.33. The van der Waals surface area contributed by atoms with Gasteiger partial charge in [0.15, 0.2) is 11.5 Å². The van der Waals surface area contributed by atoms with Crippen LogP contribution in [0, 0.1) is 6.92 Å². The smallest absolute Gasteiger partial charge is 0.289 e. The molecule has 0 radical (unpaired) electrons. The van der Waals surface area contributed by atoms with Crippen molar-refractivity contribution in [3.8, 4) is 22.8 Å². The Morgan fingerprint density at radius 1 is 1.21 bits per heavy atom. The fourth-order valence-corrected chi connectivity index (χ4v) is 2.42. The van der Waals surface area contributed by atoms with E-state index < -0.39 is 5.91 Å². The highest BCUT2D eigenvalue weighted by atomic mass is 16.5. The summed E-state index contributed by atoms with van der Waals surface area (Å²) in [5.41, 5.74) is 5.68. The van der Waals surface area contributed by atoms with Crippen LogP contribution in [0.4, 0.5) is 0 Å². The molecule has 0 unspecified atom stereocenters. The molecule has 146 valence electrons. The summed E-state index contributed by atoms with van der Waals surface area (Å²) >= 11 is 0. The number of aromatic amines is 1. The fourth-order valence-electron chi connectivity index (χ4n) is 2.42. The number of hydrogen-bond donors (Lipinski definition) is 3. The van der Waals surface area contributed by atoms with Crippen LogP contribution in [0.2, 0.25) is 0 Å². The SMILES string of the molecule is CC.COc1cc(/C=N/NC(=O)c2cc(-c3ccccc3)n[nH]2)cc(C)c1O. The van der Waals surface area contributed by atoms with Gasteiger partial charge < -0.3 is 9.84 Å². The number of amides is 1. The molecular formula is C21H24N4O3. The van der Waals surface area contributed by atoms with Crippen molar-refractivity contribution < 1.29 is 14.6 Å². The average Bonchev–Trinajstić information content (AvgIpc) is 3.23. The molecule has 0 saturated carbocycles. The van der Waals surface area contributed by atoms with E-state index in [2.05, 4.69) is 20.7 Å². The number of nitrogens with zero attached hydrogens (tertiary/aromatic N) is 2. The Hall–Kier alpha value is -3.61. The van der Waals surface area contributed by atoms with E-state index >= 15 is 0 Å². The van der Waals surface area contributed by atoms with Crippen molar-refractivity contribution in [3.63, 3.8) is 0 Å². The lowest BCUT2D eigenvalue weighted by molar-refractivity contribution is 0.0950. The van der Waals surface area contributed by atoms with Gasteiger partial charge in [-0.15, -0.1) is 0 Å². The van der Waals surface area contributed by atoms with Crippen molar-refractivity contribution in [2.45, 2.75) is 20.8 Å². The van der Waals surface area contributed by atoms with E-state index in [4.69, 9.17) is 4.74 Å². The number of methoxy groups -OCH3 is 1. The maximum absolute atomic E-state index is 12.2. The van der Waals surface area contributed by atoms with Gasteiger partial charge in [-0.05, 0) is 36.2 Å². The summed E-state index contributed by atoms with van der Waals surface area (Å²) in [6.07, 6.45) is 1.47. The van der Waals surface area contributed by atoms with E-state index in [9.17, 15) is 9.90 Å². The molecule has 3 rings (SSSR count). The number of hydrogen-bond acceptors (Lipinski definition) is 5. The molecule has 2 aromatic carbocycles. The highest BCUT2D eigenvalue weighted by molar-refractivity contribution is 5.94. The van der Waals surface area contributed by atoms with Crippen molar-refractivity contribution in [1.82, 2.24) is 15.6 Å². The molecule has 28 heavy (non-hydrogen) atoms. The van der Waals surface area contributed by atoms with Gasteiger partial charge in [0.1, 0.15) is 5.69 Å². The normalized spacial score (nSPS) is 10.3. The second kappa shape index (κ2) is 9.91. The molecule has 1 heterocycles. The van der Waals surface area contributed by atoms with Gasteiger partial charge in [-0.25, -0.2) is 5.43 Å². The summed E-state index contributed by atoms with van der Waals surface area (Å²) < 4.78 is 5.10. The first-order valence-corrected chi connectivity index (χ1v) is 8.90. The van der Waals surface area contributed by atoms with Gasteiger partial charge in [-0.3, -0.25) is 9.89 Å². The van der Waals surface area contributed by atoms with E-state index in [0.717, 1.165) is 5.56 Å². The van der Waals surface area contributed by atoms with Crippen LogP contribution in [0.25, 0.3) is 11.3 Å². The zero-order valence-corrected chi connectivity index (χ0v) is 16.4. The van der Waals surface area contributed by atoms with Crippen LogP contribution in [0.3, 0.4) is 0 Å². The molecule has 0 aliphatic rings. The van der Waals surface area contributed by atoms with E-state index in [1.165, 1.54) is 13.3 Å². The van der Waals surface area contributed by atoms with Gasteiger partial charge in [-0.1, -0.05) is 44.2 Å². The van der Waals surface area contributed by atoms with Crippen LogP contribution in [-0.4, -0.2) is 34.5 Å². The van der Waals surface area contributed by atoms with Crippen LogP contribution in [-0.2, 0) is 0 Å². The maximum Gasteiger partial charge on any atom is 0.289 e. The van der Waals surface area contributed by atoms with Gasteiger partial charge in [0.25, 0.3) is 5.91 Å². The number of rotatable bonds is 5. The highest BCUT2D eigenvalue weighted by Crippen LogP contribution is 2.30. The number of phenolic OH excluding ortho intramolecular Hbond substituents is 1. The fraction of sp³-hybridized carbons (Fsp3) is 0.190. The number of H-pyrrole nitrogens is 1. The van der Waals surface area contributed by atoms with Crippen molar-refractivity contribution in [2.75, 3.05) is 7.11 Å². The molecule has 0 spiro atoms. The molecule has 0 saturated heterocycles. The van der Waals surface area contributed by atoms with Gasteiger partial charge in [0, 0.05) is 5.56 Å². The first-order valence-electron chi connectivity index (χ1n) is 8.90. The monoisotopic (exact) mass is 380 g/mol. The second-order valence-electron chi connectivity index (χ2n) is 5.62. The number of aryl methyl sites for hydroxylation is 1. The van der Waals surface area contributed by atoms with E-state index in [1.807, 2.05) is 44.2 Å². The number of hydrazone groups is 1. The Balaban J connectivity index is 0.00000136. The molecule has 0 fully saturated rings. The highest BCUT2D eigenvalue weighted by Gasteiger charge is 2.10. The third-order valence-electron chi connectivity index (χ3n) is 3.78. The Bertz CT molecular complexity index is 950. The van der Waals surface area contributed by atoms with E-state index in [-0.39, 0.29) is 5.75 Å². The number of benzene rings is 2. The average molecular weight is 380 g/mol. The Labute approximate surface area is 164 Å². The first-order chi connectivity index (χ1) is 13.6. The lowest BCUT2D eigenvalue weighted by atomic mass is 10.1. The second-order valence-corrected chi connectivity index (χ2v) is 5.62. The third kappa shape index (κ3) is 4.97. The largest absolute Gasteiger partial charge is 0.504 e. The molecule has 0 atom stereocenters. The zero-order chi connectivity index (χ0) is 20.5. The number of ether oxygens (including phenoxy) is 1. The lowest BCUT2D eigenvalue weighted by Crippen LogP contribution is -2.18. The maximum atomic E-state index is 12.2. The van der Waals surface area contributed by atoms with Gasteiger partial charge in [0.05, 0.1) is 19.0 Å². The topological polar surface area (TPSA) is 99.6 Å². The number of carbonyl (C=O) groups is 1. The summed E-state index contributed by atoms with van der Waals surface area (Å²) in [5.74, 6) is 0.0248. The number of aromatic hydroxyl groups is 1. The number of nitrogens with one attached hydrogen (secondary N) is 2. The zero-order valence-electron chi connectivity index (χ0n) is 16.4. The molecule has 1 amide bonds. The minimum Gasteiger partial charge on any atom is -0.504 e. The molecular weight excluding hydrogens is 356 g/mol. The van der Waals surface area contributed by atoms with Crippen LogP contribution >= 0.6 is 0 Å². The summed E-state index contributed by atoms with van der Waals surface area (Å²) in [4.78, 5) is 12.2. The predicted molar refractivity (Wildman–Crippen MR) is 110 cm³/mol. The molecule has 0 bridgehead atoms. The quantitative estimate of drug-likeness (QED) is 0.462. The third-order valence-corrected chi connectivity index (χ3v) is 3.78. The molecule has 0 aliphatic heterocycles. The van der Waals surface area contributed by atoms with E-state index in [1.54, 1.807) is 25.1 Å². The minimum atomic E-state index is -0.404. The first kappa shape index (κ1) is 20.7. The van der Waals surface area contributed by atoms with Crippen molar-refractivity contribution in [2.24, 2.45) is 5.10 Å². The summed E-state index contributed by atoms with van der Waals surface area (Å²) in [7, 11) is 1.47. The van der Waals surface area contributed by atoms with Crippen molar-refractivity contribution >= 4 is 12.1 Å². The number of aromatic nitrogens is 2. The van der Waals surface area contributed by atoms with E-state index in [0.29, 0.717) is 28.3 Å². The van der Waals surface area contributed by atoms with Crippen molar-refractivity contribution in [1.29, 1.82) is 0 Å². The van der Waals surface area contributed by atoms with Crippen LogP contribution < -0.4 is 10.2 Å². The van der Waals surface area contributed by atoms with Gasteiger partial charge in [-0.2, -0.15) is 10.2 Å². The van der Waals surface area contributed by atoms with Gasteiger partial charge >= 0.3 is 0 Å². The van der Waals surface area contributed by atoms with Crippen LogP contribution in [0.15, 0.2) is 53.6 Å². The Morgan fingerprint density at radius 3 is 2.61 bits per heavy atom. The molecule has 7 heteroatoms. The summed E-state index contributed by atoms with van der Waals surface area (Å²) in [6, 6.07) is 14.6. The standard InChI is InChI=1S/C19H18N4O3.C2H6/c1-12-8-13(9-17(26-2)18(12)24)11-20-23-19(25)16-10-15(21-22-16)14-6-4-3-5-7-14;1-2/h3-11,24H,1-2H3,(H,21,22)(H,23,25);1-2H3/b20-11+;. The summed E-state index contributed by atoms with van der Waals surface area (Å²) in [6.45, 7) is 5.75. The van der Waals surface area contributed by atoms with Crippen molar-refractivity contribution in [3.05, 3.63) is 65.4 Å². The molecule has 3 aromatic rings. The number of phenols is 1.